The Hall–Kier alpha value is -2.82. The van der Waals surface area contributed by atoms with Crippen LogP contribution >= 0.6 is 0 Å². The zero-order valence-electron chi connectivity index (χ0n) is 14.6. The first-order chi connectivity index (χ1) is 12.0. The monoisotopic (exact) mass is 338 g/mol. The Labute approximate surface area is 147 Å². The highest BCUT2D eigenvalue weighted by molar-refractivity contribution is 5.95. The highest BCUT2D eigenvalue weighted by Gasteiger charge is 2.21. The summed E-state index contributed by atoms with van der Waals surface area (Å²) in [5, 5.41) is 0. The Morgan fingerprint density at radius 3 is 2.60 bits per heavy atom. The van der Waals surface area contributed by atoms with Gasteiger partial charge in [0.1, 0.15) is 11.5 Å². The number of carbonyl (C=O) groups excluding carboxylic acids is 2. The van der Waals surface area contributed by atoms with E-state index < -0.39 is 0 Å². The Kier molecular flexibility index (Phi) is 5.03. The van der Waals surface area contributed by atoms with E-state index in [2.05, 4.69) is 0 Å². The minimum absolute atomic E-state index is 0.0900. The van der Waals surface area contributed by atoms with Crippen molar-refractivity contribution in [2.24, 2.45) is 0 Å². The number of hydrogen-bond acceptors (Lipinski definition) is 3. The molecule has 0 N–H and O–H groups in total. The van der Waals surface area contributed by atoms with Gasteiger partial charge in [0.05, 0.1) is 6.54 Å². The van der Waals surface area contributed by atoms with Crippen LogP contribution in [0.3, 0.4) is 0 Å². The molecule has 0 aliphatic carbocycles. The summed E-state index contributed by atoms with van der Waals surface area (Å²) < 4.78 is 5.49. The fourth-order valence-electron chi connectivity index (χ4n) is 2.86. The second kappa shape index (κ2) is 7.38. The molecule has 1 aliphatic heterocycles. The van der Waals surface area contributed by atoms with Crippen molar-refractivity contribution < 1.29 is 14.0 Å². The number of nitrogens with zero attached hydrogens (tertiary/aromatic N) is 2. The molecule has 1 fully saturated rings. The van der Waals surface area contributed by atoms with Crippen molar-refractivity contribution in [3.63, 3.8) is 0 Å². The smallest absolute Gasteiger partial charge is 0.246 e. The third-order valence-electron chi connectivity index (χ3n) is 4.26. The molecule has 2 aromatic rings. The number of benzene rings is 1. The van der Waals surface area contributed by atoms with E-state index in [1.54, 1.807) is 29.0 Å². The maximum atomic E-state index is 12.2. The van der Waals surface area contributed by atoms with Gasteiger partial charge in [0.25, 0.3) is 0 Å². The van der Waals surface area contributed by atoms with Gasteiger partial charge >= 0.3 is 0 Å². The molecule has 3 rings (SSSR count). The Balaban J connectivity index is 1.59. The maximum absolute atomic E-state index is 12.2. The van der Waals surface area contributed by atoms with Crippen LogP contribution < -0.4 is 4.90 Å². The second-order valence-electron chi connectivity index (χ2n) is 6.28. The first-order valence-corrected chi connectivity index (χ1v) is 8.42. The molecule has 25 heavy (non-hydrogen) atoms. The fraction of sp³-hybridized carbons (Fsp3) is 0.300. The Morgan fingerprint density at radius 2 is 2.00 bits per heavy atom. The molecule has 0 bridgehead atoms. The number of rotatable bonds is 5. The van der Waals surface area contributed by atoms with Crippen LogP contribution in [-0.2, 0) is 16.1 Å². The summed E-state index contributed by atoms with van der Waals surface area (Å²) in [6.07, 6.45) is 4.86. The number of amides is 2. The van der Waals surface area contributed by atoms with E-state index in [4.69, 9.17) is 4.42 Å². The molecule has 1 aromatic carbocycles. The predicted molar refractivity (Wildman–Crippen MR) is 97.0 cm³/mol. The summed E-state index contributed by atoms with van der Waals surface area (Å²) in [4.78, 5) is 27.4. The van der Waals surface area contributed by atoms with Crippen LogP contribution in [0.1, 0.15) is 29.9 Å². The van der Waals surface area contributed by atoms with Gasteiger partial charge in [0, 0.05) is 31.8 Å². The van der Waals surface area contributed by atoms with Crippen LogP contribution in [-0.4, -0.2) is 30.3 Å². The summed E-state index contributed by atoms with van der Waals surface area (Å²) in [5.74, 6) is 1.69. The van der Waals surface area contributed by atoms with Gasteiger partial charge in [0.2, 0.25) is 11.8 Å². The van der Waals surface area contributed by atoms with Gasteiger partial charge in [-0.05, 0) is 49.2 Å². The van der Waals surface area contributed by atoms with Crippen molar-refractivity contribution in [2.45, 2.75) is 26.3 Å². The standard InChI is InChI=1S/C20H22N2O3/c1-15-5-11-18(25-15)14-21(2)19(23)12-8-16-6-9-17(10-7-16)22-13-3-4-20(22)24/h5-12H,3-4,13-14H2,1-2H3/b12-8+. The summed E-state index contributed by atoms with van der Waals surface area (Å²) in [7, 11) is 1.74. The molecule has 0 saturated carbocycles. The Morgan fingerprint density at radius 1 is 1.24 bits per heavy atom. The normalized spacial score (nSPS) is 14.5. The average Bonchev–Trinajstić information content (AvgIpc) is 3.21. The van der Waals surface area contributed by atoms with E-state index in [9.17, 15) is 9.59 Å². The minimum Gasteiger partial charge on any atom is -0.464 e. The van der Waals surface area contributed by atoms with Crippen molar-refractivity contribution in [1.82, 2.24) is 4.90 Å². The van der Waals surface area contributed by atoms with Crippen molar-refractivity contribution in [2.75, 3.05) is 18.5 Å². The highest BCUT2D eigenvalue weighted by Crippen LogP contribution is 2.22. The molecule has 5 heteroatoms. The number of hydrogen-bond donors (Lipinski definition) is 0. The SMILES string of the molecule is Cc1ccc(CN(C)C(=O)/C=C/c2ccc(N3CCCC3=O)cc2)o1. The number of anilines is 1. The van der Waals surface area contributed by atoms with Gasteiger partial charge in [-0.25, -0.2) is 0 Å². The first kappa shape index (κ1) is 17.0. The maximum Gasteiger partial charge on any atom is 0.246 e. The van der Waals surface area contributed by atoms with Crippen LogP contribution in [0.5, 0.6) is 0 Å². The molecule has 0 unspecified atom stereocenters. The number of likely N-dealkylation sites (N-methyl/N-ethyl adjacent to an activating group) is 1. The average molecular weight is 338 g/mol. The lowest BCUT2D eigenvalue weighted by Gasteiger charge is -2.15. The Bertz CT molecular complexity index is 790. The van der Waals surface area contributed by atoms with Gasteiger partial charge in [-0.1, -0.05) is 12.1 Å². The molecule has 0 radical (unpaired) electrons. The lowest BCUT2D eigenvalue weighted by Crippen LogP contribution is -2.23. The summed E-state index contributed by atoms with van der Waals surface area (Å²) in [6, 6.07) is 11.4. The van der Waals surface area contributed by atoms with E-state index in [1.165, 1.54) is 0 Å². The van der Waals surface area contributed by atoms with Gasteiger partial charge in [-0.15, -0.1) is 0 Å². The van der Waals surface area contributed by atoms with Crippen LogP contribution in [0.4, 0.5) is 5.69 Å². The molecule has 1 saturated heterocycles. The summed E-state index contributed by atoms with van der Waals surface area (Å²) in [6.45, 7) is 3.10. The van der Waals surface area contributed by atoms with Crippen LogP contribution in [0.2, 0.25) is 0 Å². The zero-order chi connectivity index (χ0) is 17.8. The van der Waals surface area contributed by atoms with E-state index in [0.717, 1.165) is 35.7 Å². The molecule has 1 aliphatic rings. The molecule has 1 aromatic heterocycles. The van der Waals surface area contributed by atoms with E-state index in [1.807, 2.05) is 43.3 Å². The molecule has 2 heterocycles. The lowest BCUT2D eigenvalue weighted by molar-refractivity contribution is -0.125. The first-order valence-electron chi connectivity index (χ1n) is 8.42. The van der Waals surface area contributed by atoms with Crippen LogP contribution in [0.15, 0.2) is 46.9 Å². The van der Waals surface area contributed by atoms with Crippen LogP contribution in [0, 0.1) is 6.92 Å². The number of furan rings is 1. The molecule has 5 nitrogen and oxygen atoms in total. The van der Waals surface area contributed by atoms with Gasteiger partial charge < -0.3 is 14.2 Å². The highest BCUT2D eigenvalue weighted by atomic mass is 16.3. The molecule has 0 spiro atoms. The molecule has 0 atom stereocenters. The minimum atomic E-state index is -0.0900. The predicted octanol–water partition coefficient (Wildman–Crippen LogP) is 3.39. The largest absolute Gasteiger partial charge is 0.464 e. The second-order valence-corrected chi connectivity index (χ2v) is 6.28. The molecular formula is C20H22N2O3. The topological polar surface area (TPSA) is 53.8 Å². The van der Waals surface area contributed by atoms with Crippen molar-refractivity contribution in [3.8, 4) is 0 Å². The van der Waals surface area contributed by atoms with Crippen molar-refractivity contribution >= 4 is 23.6 Å². The lowest BCUT2D eigenvalue weighted by atomic mass is 10.2. The molecule has 130 valence electrons. The molecular weight excluding hydrogens is 316 g/mol. The quantitative estimate of drug-likeness (QED) is 0.785. The van der Waals surface area contributed by atoms with Gasteiger partial charge in [-0.3, -0.25) is 9.59 Å². The van der Waals surface area contributed by atoms with E-state index in [-0.39, 0.29) is 11.8 Å². The summed E-state index contributed by atoms with van der Waals surface area (Å²) in [5.41, 5.74) is 1.84. The van der Waals surface area contributed by atoms with Crippen molar-refractivity contribution in [1.29, 1.82) is 0 Å². The fourth-order valence-corrected chi connectivity index (χ4v) is 2.86. The van der Waals surface area contributed by atoms with Crippen molar-refractivity contribution in [3.05, 3.63) is 59.6 Å². The van der Waals surface area contributed by atoms with E-state index >= 15 is 0 Å². The van der Waals surface area contributed by atoms with Gasteiger partial charge in [0.15, 0.2) is 0 Å². The summed E-state index contributed by atoms with van der Waals surface area (Å²) >= 11 is 0. The number of aryl methyl sites for hydroxylation is 1. The van der Waals surface area contributed by atoms with E-state index in [0.29, 0.717) is 13.0 Å². The van der Waals surface area contributed by atoms with Gasteiger partial charge in [-0.2, -0.15) is 0 Å². The third kappa shape index (κ3) is 4.18. The zero-order valence-corrected chi connectivity index (χ0v) is 14.6. The van der Waals surface area contributed by atoms with Crippen LogP contribution in [0.25, 0.3) is 6.08 Å². The number of carbonyl (C=O) groups is 2. The third-order valence-corrected chi connectivity index (χ3v) is 4.26. The molecule has 2 amide bonds.